The van der Waals surface area contributed by atoms with Crippen molar-refractivity contribution in [3.8, 4) is 6.01 Å². The van der Waals surface area contributed by atoms with Crippen LogP contribution in [0.4, 0.5) is 10.6 Å². The zero-order valence-electron chi connectivity index (χ0n) is 15.9. The number of amides is 1. The number of aromatic nitrogens is 2. The molecule has 1 saturated heterocycles. The third-order valence-corrected chi connectivity index (χ3v) is 4.55. The molecule has 0 aromatic carbocycles. The van der Waals surface area contributed by atoms with Crippen LogP contribution in [0.5, 0.6) is 6.01 Å². The minimum absolute atomic E-state index is 0.157. The van der Waals surface area contributed by atoms with Crippen molar-refractivity contribution in [1.82, 2.24) is 14.9 Å². The van der Waals surface area contributed by atoms with Crippen molar-refractivity contribution in [2.75, 3.05) is 31.6 Å². The van der Waals surface area contributed by atoms with Gasteiger partial charge in [0.1, 0.15) is 15.1 Å². The van der Waals surface area contributed by atoms with Crippen molar-refractivity contribution in [2.45, 2.75) is 45.3 Å². The van der Waals surface area contributed by atoms with E-state index in [-0.39, 0.29) is 24.4 Å². The second-order valence-corrected chi connectivity index (χ2v) is 8.34. The van der Waals surface area contributed by atoms with Gasteiger partial charge in [0.15, 0.2) is 0 Å². The first-order chi connectivity index (χ1) is 12.6. The van der Waals surface area contributed by atoms with E-state index in [4.69, 9.17) is 9.47 Å². The summed E-state index contributed by atoms with van der Waals surface area (Å²) in [6.45, 7) is 6.69. The van der Waals surface area contributed by atoms with Gasteiger partial charge in [-0.3, -0.25) is 4.79 Å². The third-order valence-electron chi connectivity index (χ3n) is 4.00. The molecule has 9 nitrogen and oxygen atoms in total. The smallest absolute Gasteiger partial charge is 0.407 e. The van der Waals surface area contributed by atoms with Crippen molar-refractivity contribution in [1.29, 1.82) is 0 Å². The molecule has 0 spiro atoms. The van der Waals surface area contributed by atoms with E-state index < -0.39 is 11.7 Å². The second kappa shape index (κ2) is 8.89. The SMILES string of the molecule is COc1nc(I)cc(N2CCN(C(=O)O)C(CCC(=O)OC(C)(C)C)C2)n1. The predicted octanol–water partition coefficient (Wildman–Crippen LogP) is 2.38. The summed E-state index contributed by atoms with van der Waals surface area (Å²) in [6, 6.07) is 1.76. The number of carboxylic acid groups (broad SMARTS) is 1. The van der Waals surface area contributed by atoms with Crippen LogP contribution in [0.2, 0.25) is 0 Å². The minimum Gasteiger partial charge on any atom is -0.467 e. The lowest BCUT2D eigenvalue weighted by Crippen LogP contribution is -2.55. The molecule has 1 aromatic rings. The molecule has 1 amide bonds. The Morgan fingerprint density at radius 2 is 2.04 bits per heavy atom. The van der Waals surface area contributed by atoms with Gasteiger partial charge in [0.25, 0.3) is 0 Å². The quantitative estimate of drug-likeness (QED) is 0.380. The fourth-order valence-corrected chi connectivity index (χ4v) is 3.36. The molecule has 0 saturated carbocycles. The van der Waals surface area contributed by atoms with Crippen LogP contribution in [0.25, 0.3) is 0 Å². The van der Waals surface area contributed by atoms with Crippen LogP contribution in [0.15, 0.2) is 6.07 Å². The molecule has 27 heavy (non-hydrogen) atoms. The number of piperazine rings is 1. The first kappa shape index (κ1) is 21.5. The van der Waals surface area contributed by atoms with Crippen LogP contribution < -0.4 is 9.64 Å². The van der Waals surface area contributed by atoms with Crippen LogP contribution in [0, 0.1) is 3.70 Å². The molecule has 1 atom stereocenters. The van der Waals surface area contributed by atoms with Gasteiger partial charge in [-0.1, -0.05) is 0 Å². The Morgan fingerprint density at radius 1 is 1.33 bits per heavy atom. The van der Waals surface area contributed by atoms with E-state index in [0.717, 1.165) is 3.70 Å². The lowest BCUT2D eigenvalue weighted by molar-refractivity contribution is -0.155. The monoisotopic (exact) mass is 492 g/mol. The Morgan fingerprint density at radius 3 is 2.63 bits per heavy atom. The summed E-state index contributed by atoms with van der Waals surface area (Å²) in [5, 5.41) is 9.49. The highest BCUT2D eigenvalue weighted by Gasteiger charge is 2.32. The molecular weight excluding hydrogens is 467 g/mol. The molecule has 10 heteroatoms. The molecule has 1 N–H and O–H groups in total. The van der Waals surface area contributed by atoms with Gasteiger partial charge in [0, 0.05) is 32.1 Å². The molecule has 0 aliphatic carbocycles. The Hall–Kier alpha value is -1.85. The van der Waals surface area contributed by atoms with Crippen LogP contribution in [0.1, 0.15) is 33.6 Å². The number of anilines is 1. The van der Waals surface area contributed by atoms with Crippen LogP contribution in [-0.2, 0) is 9.53 Å². The molecule has 1 aliphatic heterocycles. The summed E-state index contributed by atoms with van der Waals surface area (Å²) >= 11 is 2.08. The van der Waals surface area contributed by atoms with E-state index in [9.17, 15) is 14.7 Å². The number of halogens is 1. The van der Waals surface area contributed by atoms with E-state index in [2.05, 4.69) is 32.6 Å². The molecular formula is C17H25IN4O5. The Labute approximate surface area is 172 Å². The number of nitrogens with zero attached hydrogens (tertiary/aromatic N) is 4. The summed E-state index contributed by atoms with van der Waals surface area (Å²) in [4.78, 5) is 35.5. The van der Waals surface area contributed by atoms with Crippen LogP contribution in [-0.4, -0.2) is 70.4 Å². The minimum atomic E-state index is -0.987. The second-order valence-electron chi connectivity index (χ2n) is 7.24. The summed E-state index contributed by atoms with van der Waals surface area (Å²) in [6.07, 6.45) is -0.444. The largest absolute Gasteiger partial charge is 0.467 e. The number of rotatable bonds is 5. The standard InChI is InChI=1S/C17H25IN4O5/c1-17(2,3)27-14(23)6-5-11-10-21(7-8-22(11)16(24)25)13-9-12(18)19-15(20-13)26-4/h9,11H,5-8,10H2,1-4H3,(H,24,25). The average molecular weight is 492 g/mol. The molecule has 1 aliphatic rings. The van der Waals surface area contributed by atoms with Gasteiger partial charge in [0.05, 0.1) is 13.2 Å². The van der Waals surface area contributed by atoms with E-state index in [0.29, 0.717) is 31.9 Å². The molecule has 2 heterocycles. The molecule has 2 rings (SSSR count). The van der Waals surface area contributed by atoms with Crippen molar-refractivity contribution in [3.63, 3.8) is 0 Å². The summed E-state index contributed by atoms with van der Waals surface area (Å²) in [5.41, 5.74) is -0.559. The van der Waals surface area contributed by atoms with Crippen molar-refractivity contribution in [3.05, 3.63) is 9.77 Å². The number of methoxy groups -OCH3 is 1. The molecule has 1 aromatic heterocycles. The number of hydrogen-bond acceptors (Lipinski definition) is 7. The van der Waals surface area contributed by atoms with Gasteiger partial charge in [-0.15, -0.1) is 0 Å². The maximum Gasteiger partial charge on any atom is 0.407 e. The fraction of sp³-hybridized carbons (Fsp3) is 0.647. The van der Waals surface area contributed by atoms with E-state index in [1.165, 1.54) is 12.0 Å². The summed E-state index contributed by atoms with van der Waals surface area (Å²) < 4.78 is 11.2. The average Bonchev–Trinajstić information content (AvgIpc) is 2.57. The molecule has 0 radical (unpaired) electrons. The highest BCUT2D eigenvalue weighted by molar-refractivity contribution is 14.1. The number of ether oxygens (including phenoxy) is 2. The van der Waals surface area contributed by atoms with E-state index in [1.807, 2.05) is 11.0 Å². The Kier molecular flexibility index (Phi) is 7.06. The fourth-order valence-electron chi connectivity index (χ4n) is 2.88. The maximum absolute atomic E-state index is 12.0. The first-order valence-electron chi connectivity index (χ1n) is 8.64. The lowest BCUT2D eigenvalue weighted by atomic mass is 10.1. The van der Waals surface area contributed by atoms with Gasteiger partial charge in [0.2, 0.25) is 0 Å². The maximum atomic E-state index is 12.0. The summed E-state index contributed by atoms with van der Waals surface area (Å²) in [5.74, 6) is 0.349. The van der Waals surface area contributed by atoms with Gasteiger partial charge in [-0.05, 0) is 49.8 Å². The predicted molar refractivity (Wildman–Crippen MR) is 107 cm³/mol. The molecule has 1 unspecified atom stereocenters. The van der Waals surface area contributed by atoms with Crippen molar-refractivity contribution in [2.24, 2.45) is 0 Å². The zero-order valence-corrected chi connectivity index (χ0v) is 18.1. The Balaban J connectivity index is 2.09. The number of carbonyl (C=O) groups excluding carboxylic acids is 1. The normalized spacial score (nSPS) is 17.6. The van der Waals surface area contributed by atoms with E-state index in [1.54, 1.807) is 20.8 Å². The van der Waals surface area contributed by atoms with Gasteiger partial charge in [-0.2, -0.15) is 9.97 Å². The van der Waals surface area contributed by atoms with Gasteiger partial charge in [-0.25, -0.2) is 4.79 Å². The third kappa shape index (κ3) is 6.36. The highest BCUT2D eigenvalue weighted by Crippen LogP contribution is 2.23. The number of esters is 1. The highest BCUT2D eigenvalue weighted by atomic mass is 127. The first-order valence-corrected chi connectivity index (χ1v) is 9.72. The molecule has 0 bridgehead atoms. The zero-order chi connectivity index (χ0) is 20.2. The number of hydrogen-bond donors (Lipinski definition) is 1. The van der Waals surface area contributed by atoms with Crippen LogP contribution in [0.3, 0.4) is 0 Å². The Bertz CT molecular complexity index is 694. The topological polar surface area (TPSA) is 105 Å². The molecule has 150 valence electrons. The molecule has 1 fully saturated rings. The van der Waals surface area contributed by atoms with Gasteiger partial charge >= 0.3 is 18.1 Å². The van der Waals surface area contributed by atoms with Crippen molar-refractivity contribution < 1.29 is 24.2 Å². The lowest BCUT2D eigenvalue weighted by Gasteiger charge is -2.40. The van der Waals surface area contributed by atoms with Crippen LogP contribution >= 0.6 is 22.6 Å². The van der Waals surface area contributed by atoms with Crippen molar-refractivity contribution >= 4 is 40.5 Å². The summed E-state index contributed by atoms with van der Waals surface area (Å²) in [7, 11) is 1.50. The van der Waals surface area contributed by atoms with Gasteiger partial charge < -0.3 is 24.4 Å². The number of carbonyl (C=O) groups is 2. The van der Waals surface area contributed by atoms with E-state index >= 15 is 0 Å².